The molecule has 7 N–H and O–H groups in total. The molecule has 0 aromatic heterocycles. The number of halogens is 2. The van der Waals surface area contributed by atoms with Crippen molar-refractivity contribution in [3.8, 4) is 5.75 Å². The Morgan fingerprint density at radius 2 is 1.80 bits per heavy atom. The molecule has 0 fully saturated rings. The Labute approximate surface area is 193 Å². The fourth-order valence-electron chi connectivity index (χ4n) is 2.64. The summed E-state index contributed by atoms with van der Waals surface area (Å²) in [6.45, 7) is 3.25. The lowest BCUT2D eigenvalue weighted by Crippen LogP contribution is -2.25. The van der Waals surface area contributed by atoms with Crippen LogP contribution >= 0.6 is 31.9 Å². The highest BCUT2D eigenvalue weighted by Crippen LogP contribution is 2.35. The van der Waals surface area contributed by atoms with Gasteiger partial charge in [0.1, 0.15) is 11.5 Å². The van der Waals surface area contributed by atoms with Gasteiger partial charge in [-0.05, 0) is 81.9 Å². The maximum absolute atomic E-state index is 11.2. The number of carbonyl (C=O) groups is 1. The number of amides is 1. The van der Waals surface area contributed by atoms with E-state index in [-0.39, 0.29) is 12.1 Å². The molecule has 1 rings (SSSR count). The fraction of sp³-hybridized carbons (Fsp3) is 0.526. The van der Waals surface area contributed by atoms with Crippen LogP contribution in [-0.4, -0.2) is 49.4 Å². The van der Waals surface area contributed by atoms with E-state index in [9.17, 15) is 4.79 Å². The molecule has 0 spiro atoms. The third-order valence-corrected chi connectivity index (χ3v) is 5.31. The summed E-state index contributed by atoms with van der Waals surface area (Å²) >= 11 is 6.95. The average Bonchev–Trinajstić information content (AvgIpc) is 2.71. The first-order valence-corrected chi connectivity index (χ1v) is 11.3. The molecule has 0 bridgehead atoms. The molecule has 0 aliphatic carbocycles. The van der Waals surface area contributed by atoms with E-state index in [1.807, 2.05) is 12.1 Å². The lowest BCUT2D eigenvalue weighted by atomic mass is 10.1. The molecule has 30 heavy (non-hydrogen) atoms. The number of aliphatic imine (C=N–C) groups is 1. The van der Waals surface area contributed by atoms with Crippen LogP contribution in [0.5, 0.6) is 5.75 Å². The maximum atomic E-state index is 11.2. The standard InChI is InChI=1S/C19H30Br2N6O3/c20-15-10-14(12-17(27-29)19(22)28)11-16(21)18(15)30-9-5-8-24-6-3-1-2-4-7-25-13-26-23/h10-11,13,24,29H,1-9,12,23H2,(H2,22,28)(H,25,26)/b27-17-. The van der Waals surface area contributed by atoms with Gasteiger partial charge in [0.25, 0.3) is 5.91 Å². The van der Waals surface area contributed by atoms with Gasteiger partial charge in [0.15, 0.2) is 0 Å². The molecule has 0 saturated heterocycles. The molecule has 1 aromatic rings. The molecule has 11 heteroatoms. The van der Waals surface area contributed by atoms with Gasteiger partial charge < -0.3 is 26.4 Å². The number of nitrogens with two attached hydrogens (primary N) is 2. The summed E-state index contributed by atoms with van der Waals surface area (Å²) in [7, 11) is 0. The van der Waals surface area contributed by atoms with Gasteiger partial charge in [-0.25, -0.2) is 5.84 Å². The van der Waals surface area contributed by atoms with Gasteiger partial charge in [0, 0.05) is 13.0 Å². The number of hydrogen-bond donors (Lipinski definition) is 5. The Kier molecular flexibility index (Phi) is 14.1. The van der Waals surface area contributed by atoms with Crippen molar-refractivity contribution in [3.05, 3.63) is 26.6 Å². The fourth-order valence-corrected chi connectivity index (χ4v) is 4.15. The van der Waals surface area contributed by atoms with Gasteiger partial charge in [0.2, 0.25) is 0 Å². The molecule has 0 atom stereocenters. The quantitative estimate of drug-likeness (QED) is 0.0534. The van der Waals surface area contributed by atoms with E-state index >= 15 is 0 Å². The first-order valence-electron chi connectivity index (χ1n) is 9.76. The zero-order valence-corrected chi connectivity index (χ0v) is 20.0. The summed E-state index contributed by atoms with van der Waals surface area (Å²) < 4.78 is 7.35. The summed E-state index contributed by atoms with van der Waals surface area (Å²) in [5, 5.41) is 15.2. The predicted molar refractivity (Wildman–Crippen MR) is 126 cm³/mol. The van der Waals surface area contributed by atoms with E-state index in [1.165, 1.54) is 12.8 Å². The summed E-state index contributed by atoms with van der Waals surface area (Å²) in [5.74, 6) is 5.03. The highest BCUT2D eigenvalue weighted by Gasteiger charge is 2.13. The second-order valence-electron chi connectivity index (χ2n) is 6.54. The van der Waals surface area contributed by atoms with Crippen molar-refractivity contribution in [1.82, 2.24) is 10.7 Å². The average molecular weight is 550 g/mol. The number of benzene rings is 1. The molecule has 0 aliphatic rings. The lowest BCUT2D eigenvalue weighted by molar-refractivity contribution is -0.112. The van der Waals surface area contributed by atoms with E-state index in [4.69, 9.17) is 21.5 Å². The van der Waals surface area contributed by atoms with Crippen molar-refractivity contribution in [1.29, 1.82) is 0 Å². The van der Waals surface area contributed by atoms with Crippen molar-refractivity contribution in [2.24, 2.45) is 21.7 Å². The summed E-state index contributed by atoms with van der Waals surface area (Å²) in [6.07, 6.45) is 7.08. The van der Waals surface area contributed by atoms with Crippen LogP contribution in [0.15, 0.2) is 31.2 Å². The number of nitrogens with zero attached hydrogens (tertiary/aromatic N) is 2. The van der Waals surface area contributed by atoms with Gasteiger partial charge in [-0.15, -0.1) is 0 Å². The highest BCUT2D eigenvalue weighted by atomic mass is 79.9. The number of unbranched alkanes of at least 4 members (excludes halogenated alkanes) is 3. The molecule has 0 radical (unpaired) electrons. The van der Waals surface area contributed by atoms with Gasteiger partial charge in [-0.1, -0.05) is 18.0 Å². The van der Waals surface area contributed by atoms with Crippen molar-refractivity contribution in [2.75, 3.05) is 26.2 Å². The maximum Gasteiger partial charge on any atom is 0.266 e. The topological polar surface area (TPSA) is 147 Å². The molecule has 168 valence electrons. The van der Waals surface area contributed by atoms with Crippen LogP contribution < -0.4 is 27.1 Å². The number of nitrogens with one attached hydrogen (secondary N) is 2. The number of rotatable bonds is 16. The minimum absolute atomic E-state index is 0.106. The van der Waals surface area contributed by atoms with Gasteiger partial charge in [0.05, 0.1) is 21.9 Å². The van der Waals surface area contributed by atoms with E-state index in [0.717, 1.165) is 59.8 Å². The van der Waals surface area contributed by atoms with Crippen molar-refractivity contribution in [3.63, 3.8) is 0 Å². The monoisotopic (exact) mass is 548 g/mol. The summed E-state index contributed by atoms with van der Waals surface area (Å²) in [6, 6.07) is 3.62. The molecule has 0 heterocycles. The molecular weight excluding hydrogens is 520 g/mol. The molecule has 0 unspecified atom stereocenters. The second-order valence-corrected chi connectivity index (χ2v) is 8.25. The first-order chi connectivity index (χ1) is 14.5. The number of hydrogen-bond acceptors (Lipinski definition) is 7. The number of carbonyl (C=O) groups excluding carboxylic acids is 1. The van der Waals surface area contributed by atoms with Crippen LogP contribution in [0.3, 0.4) is 0 Å². The second kappa shape index (κ2) is 16.1. The summed E-state index contributed by atoms with van der Waals surface area (Å²) in [4.78, 5) is 15.3. The molecule has 1 amide bonds. The minimum Gasteiger partial charge on any atom is -0.491 e. The largest absolute Gasteiger partial charge is 0.491 e. The number of ether oxygens (including phenoxy) is 1. The predicted octanol–water partition coefficient (Wildman–Crippen LogP) is 2.48. The van der Waals surface area contributed by atoms with Crippen LogP contribution in [0.4, 0.5) is 0 Å². The van der Waals surface area contributed by atoms with Gasteiger partial charge >= 0.3 is 0 Å². The van der Waals surface area contributed by atoms with Crippen LogP contribution in [0.1, 0.15) is 37.7 Å². The normalized spacial score (nSPS) is 11.8. The molecule has 1 aromatic carbocycles. The van der Waals surface area contributed by atoms with E-state index in [1.54, 1.807) is 0 Å². The Morgan fingerprint density at radius 3 is 2.43 bits per heavy atom. The van der Waals surface area contributed by atoms with Crippen LogP contribution in [-0.2, 0) is 11.2 Å². The van der Waals surface area contributed by atoms with E-state index < -0.39 is 5.91 Å². The van der Waals surface area contributed by atoms with Crippen LogP contribution in [0.2, 0.25) is 0 Å². The molecule has 9 nitrogen and oxygen atoms in total. The number of oxime groups is 1. The molecule has 0 aliphatic heterocycles. The third kappa shape index (κ3) is 10.9. The molecule has 0 saturated carbocycles. The number of primary amides is 1. The van der Waals surface area contributed by atoms with Crippen molar-refractivity contribution >= 4 is 49.8 Å². The minimum atomic E-state index is -0.758. The van der Waals surface area contributed by atoms with E-state index in [2.05, 4.69) is 52.8 Å². The lowest BCUT2D eigenvalue weighted by Gasteiger charge is -2.12. The van der Waals surface area contributed by atoms with Crippen molar-refractivity contribution < 1.29 is 14.7 Å². The van der Waals surface area contributed by atoms with Gasteiger partial charge in [-0.3, -0.25) is 9.79 Å². The molecular formula is C19H30Br2N6O3. The Hall–Kier alpha value is -1.69. The van der Waals surface area contributed by atoms with E-state index in [0.29, 0.717) is 12.4 Å². The third-order valence-electron chi connectivity index (χ3n) is 4.14. The first kappa shape index (κ1) is 26.3. The Morgan fingerprint density at radius 1 is 1.13 bits per heavy atom. The number of hydrazine groups is 1. The van der Waals surface area contributed by atoms with Gasteiger partial charge in [-0.2, -0.15) is 0 Å². The smallest absolute Gasteiger partial charge is 0.266 e. The Balaban J connectivity index is 2.23. The van der Waals surface area contributed by atoms with Crippen LogP contribution in [0.25, 0.3) is 0 Å². The van der Waals surface area contributed by atoms with Crippen molar-refractivity contribution in [2.45, 2.75) is 38.5 Å². The highest BCUT2D eigenvalue weighted by molar-refractivity contribution is 9.11. The summed E-state index contributed by atoms with van der Waals surface area (Å²) in [5.41, 5.74) is 8.21. The Bertz CT molecular complexity index is 693. The zero-order chi connectivity index (χ0) is 22.2. The van der Waals surface area contributed by atoms with Crippen LogP contribution in [0, 0.1) is 0 Å². The SMILES string of the molecule is NNC=NCCCCCCNCCCOc1c(Br)cc(C/C(=N/O)C(N)=O)cc1Br. The zero-order valence-electron chi connectivity index (χ0n) is 16.9.